The molecule has 3 heteroatoms. The summed E-state index contributed by atoms with van der Waals surface area (Å²) >= 11 is 5.81. The lowest BCUT2D eigenvalue weighted by Crippen LogP contribution is -2.22. The van der Waals surface area contributed by atoms with Gasteiger partial charge in [-0.1, -0.05) is 20.8 Å². The maximum atomic E-state index is 5.81. The summed E-state index contributed by atoms with van der Waals surface area (Å²) in [6, 6.07) is 0.420. The summed E-state index contributed by atoms with van der Waals surface area (Å²) in [4.78, 5) is 4.11. The summed E-state index contributed by atoms with van der Waals surface area (Å²) in [7, 11) is 0. The van der Waals surface area contributed by atoms with Gasteiger partial charge in [0.15, 0.2) is 0 Å². The summed E-state index contributed by atoms with van der Waals surface area (Å²) in [6.45, 7) is 8.85. The average Bonchev–Trinajstić information content (AvgIpc) is 2.48. The Labute approximate surface area is 84.9 Å². The Morgan fingerprint density at radius 2 is 2.15 bits per heavy atom. The van der Waals surface area contributed by atoms with E-state index in [1.54, 1.807) is 0 Å². The molecular formula is C10H17ClN2. The van der Waals surface area contributed by atoms with Crippen LogP contribution in [0.3, 0.4) is 0 Å². The quantitative estimate of drug-likeness (QED) is 0.671. The van der Waals surface area contributed by atoms with Crippen LogP contribution in [0.4, 0.5) is 0 Å². The molecule has 13 heavy (non-hydrogen) atoms. The zero-order valence-corrected chi connectivity index (χ0v) is 9.47. The predicted octanol–water partition coefficient (Wildman–Crippen LogP) is 3.23. The molecule has 0 radical (unpaired) electrons. The molecule has 1 atom stereocenters. The fraction of sp³-hybridized carbons (Fsp3) is 0.700. The van der Waals surface area contributed by atoms with Crippen LogP contribution in [0.5, 0.6) is 0 Å². The highest BCUT2D eigenvalue weighted by Crippen LogP contribution is 2.30. The van der Waals surface area contributed by atoms with Gasteiger partial charge in [-0.3, -0.25) is 0 Å². The van der Waals surface area contributed by atoms with Crippen molar-refractivity contribution >= 4 is 11.6 Å². The third-order valence-corrected chi connectivity index (χ3v) is 2.83. The molecule has 1 rings (SSSR count). The minimum atomic E-state index is 0.238. The van der Waals surface area contributed by atoms with Crippen LogP contribution in [0.1, 0.15) is 39.4 Å². The molecule has 0 amide bonds. The van der Waals surface area contributed by atoms with Crippen LogP contribution in [-0.2, 0) is 5.88 Å². The fourth-order valence-corrected chi connectivity index (χ4v) is 1.41. The van der Waals surface area contributed by atoms with E-state index in [0.29, 0.717) is 11.9 Å². The largest absolute Gasteiger partial charge is 0.330 e. The first-order chi connectivity index (χ1) is 5.96. The molecule has 0 spiro atoms. The molecule has 0 aromatic carbocycles. The van der Waals surface area contributed by atoms with Crippen molar-refractivity contribution in [3.63, 3.8) is 0 Å². The van der Waals surface area contributed by atoms with E-state index in [4.69, 9.17) is 11.6 Å². The van der Waals surface area contributed by atoms with Crippen molar-refractivity contribution in [1.29, 1.82) is 0 Å². The van der Waals surface area contributed by atoms with E-state index < -0.39 is 0 Å². The zero-order chi connectivity index (χ0) is 10.1. The van der Waals surface area contributed by atoms with E-state index in [0.717, 1.165) is 5.69 Å². The first-order valence-corrected chi connectivity index (χ1v) is 5.07. The molecule has 0 aliphatic rings. The van der Waals surface area contributed by atoms with Crippen LogP contribution in [0, 0.1) is 5.41 Å². The SMILES string of the molecule is CC(n1cncc1CCl)C(C)(C)C. The van der Waals surface area contributed by atoms with Gasteiger partial charge in [0.05, 0.1) is 17.9 Å². The van der Waals surface area contributed by atoms with Gasteiger partial charge >= 0.3 is 0 Å². The Balaban J connectivity index is 2.94. The minimum Gasteiger partial charge on any atom is -0.330 e. The molecule has 0 bridgehead atoms. The zero-order valence-electron chi connectivity index (χ0n) is 8.71. The average molecular weight is 201 g/mol. The van der Waals surface area contributed by atoms with Crippen molar-refractivity contribution in [2.24, 2.45) is 5.41 Å². The van der Waals surface area contributed by atoms with Gasteiger partial charge in [0.25, 0.3) is 0 Å². The van der Waals surface area contributed by atoms with Crippen molar-refractivity contribution < 1.29 is 0 Å². The number of alkyl halides is 1. The Morgan fingerprint density at radius 3 is 2.62 bits per heavy atom. The first kappa shape index (κ1) is 10.6. The van der Waals surface area contributed by atoms with Crippen molar-refractivity contribution in [1.82, 2.24) is 9.55 Å². The van der Waals surface area contributed by atoms with Crippen LogP contribution in [-0.4, -0.2) is 9.55 Å². The summed E-state index contributed by atoms with van der Waals surface area (Å²) in [5.74, 6) is 0.528. The number of halogens is 1. The standard InChI is InChI=1S/C10H17ClN2/c1-8(10(2,3)4)13-7-12-6-9(13)5-11/h6-8H,5H2,1-4H3. The Kier molecular flexibility index (Phi) is 3.01. The number of imidazole rings is 1. The van der Waals surface area contributed by atoms with E-state index >= 15 is 0 Å². The highest BCUT2D eigenvalue weighted by Gasteiger charge is 2.22. The minimum absolute atomic E-state index is 0.238. The molecule has 74 valence electrons. The smallest absolute Gasteiger partial charge is 0.0951 e. The lowest BCUT2D eigenvalue weighted by Gasteiger charge is -2.29. The Hall–Kier alpha value is -0.500. The van der Waals surface area contributed by atoms with E-state index in [1.807, 2.05) is 12.5 Å². The number of rotatable bonds is 2. The molecule has 1 unspecified atom stereocenters. The van der Waals surface area contributed by atoms with Crippen molar-refractivity contribution in [2.45, 2.75) is 39.6 Å². The van der Waals surface area contributed by atoms with Crippen molar-refractivity contribution in [2.75, 3.05) is 0 Å². The monoisotopic (exact) mass is 200 g/mol. The highest BCUT2D eigenvalue weighted by molar-refractivity contribution is 6.16. The van der Waals surface area contributed by atoms with Gasteiger partial charge in [-0.15, -0.1) is 11.6 Å². The van der Waals surface area contributed by atoms with Gasteiger partial charge in [-0.05, 0) is 12.3 Å². The molecule has 1 aromatic heterocycles. The maximum absolute atomic E-state index is 5.81. The summed E-state index contributed by atoms with van der Waals surface area (Å²) in [5.41, 5.74) is 1.32. The third kappa shape index (κ3) is 2.25. The van der Waals surface area contributed by atoms with Gasteiger partial charge in [-0.25, -0.2) is 4.98 Å². The van der Waals surface area contributed by atoms with Gasteiger partial charge in [0.2, 0.25) is 0 Å². The second-order valence-electron chi connectivity index (χ2n) is 4.47. The van der Waals surface area contributed by atoms with E-state index in [-0.39, 0.29) is 5.41 Å². The van der Waals surface area contributed by atoms with Crippen molar-refractivity contribution in [3.8, 4) is 0 Å². The summed E-state index contributed by atoms with van der Waals surface area (Å²) in [5, 5.41) is 0. The number of hydrogen-bond acceptors (Lipinski definition) is 1. The Bertz CT molecular complexity index is 273. The molecule has 0 fully saturated rings. The van der Waals surface area contributed by atoms with E-state index in [2.05, 4.69) is 37.2 Å². The molecule has 2 nitrogen and oxygen atoms in total. The Morgan fingerprint density at radius 1 is 1.54 bits per heavy atom. The van der Waals surface area contributed by atoms with Gasteiger partial charge in [0.1, 0.15) is 0 Å². The van der Waals surface area contributed by atoms with E-state index in [9.17, 15) is 0 Å². The predicted molar refractivity (Wildman–Crippen MR) is 56.0 cm³/mol. The summed E-state index contributed by atoms with van der Waals surface area (Å²) < 4.78 is 2.15. The van der Waals surface area contributed by atoms with Crippen LogP contribution < -0.4 is 0 Å². The molecule has 0 aliphatic heterocycles. The normalized spacial score (nSPS) is 14.5. The van der Waals surface area contributed by atoms with Crippen LogP contribution in [0.25, 0.3) is 0 Å². The third-order valence-electron chi connectivity index (χ3n) is 2.55. The van der Waals surface area contributed by atoms with Crippen LogP contribution in [0.2, 0.25) is 0 Å². The lowest BCUT2D eigenvalue weighted by molar-refractivity contribution is 0.259. The second kappa shape index (κ2) is 3.70. The first-order valence-electron chi connectivity index (χ1n) is 4.53. The second-order valence-corrected chi connectivity index (χ2v) is 4.74. The number of hydrogen-bond donors (Lipinski definition) is 0. The number of aromatic nitrogens is 2. The lowest BCUT2D eigenvalue weighted by atomic mass is 9.88. The molecule has 0 saturated heterocycles. The van der Waals surface area contributed by atoms with Crippen LogP contribution >= 0.6 is 11.6 Å². The highest BCUT2D eigenvalue weighted by atomic mass is 35.5. The maximum Gasteiger partial charge on any atom is 0.0951 e. The fourth-order valence-electron chi connectivity index (χ4n) is 1.20. The number of nitrogens with zero attached hydrogens (tertiary/aromatic N) is 2. The molecule has 1 heterocycles. The van der Waals surface area contributed by atoms with Gasteiger partial charge in [-0.2, -0.15) is 0 Å². The van der Waals surface area contributed by atoms with Gasteiger partial charge in [0, 0.05) is 12.2 Å². The van der Waals surface area contributed by atoms with Gasteiger partial charge < -0.3 is 4.57 Å². The molecule has 1 aromatic rings. The molecule has 0 aliphatic carbocycles. The molecular weight excluding hydrogens is 184 g/mol. The molecule has 0 saturated carbocycles. The summed E-state index contributed by atoms with van der Waals surface area (Å²) in [6.07, 6.45) is 3.68. The molecule has 0 N–H and O–H groups in total. The van der Waals surface area contributed by atoms with E-state index in [1.165, 1.54) is 0 Å². The van der Waals surface area contributed by atoms with Crippen molar-refractivity contribution in [3.05, 3.63) is 18.2 Å². The topological polar surface area (TPSA) is 17.8 Å². The van der Waals surface area contributed by atoms with Crippen LogP contribution in [0.15, 0.2) is 12.5 Å².